The topological polar surface area (TPSA) is 47.3 Å². The summed E-state index contributed by atoms with van der Waals surface area (Å²) in [6.07, 6.45) is 3.91. The number of methoxy groups -OCH3 is 1. The molecule has 96 valence electrons. The summed E-state index contributed by atoms with van der Waals surface area (Å²) in [5.74, 6) is 0.750. The van der Waals surface area contributed by atoms with E-state index in [4.69, 9.17) is 9.15 Å². The van der Waals surface area contributed by atoms with Gasteiger partial charge in [0.05, 0.1) is 7.11 Å². The van der Waals surface area contributed by atoms with E-state index in [9.17, 15) is 0 Å². The van der Waals surface area contributed by atoms with Gasteiger partial charge in [-0.25, -0.2) is 0 Å². The van der Waals surface area contributed by atoms with Crippen LogP contribution in [-0.2, 0) is 6.42 Å². The minimum absolute atomic E-state index is 0.350. The highest BCUT2D eigenvalue weighted by Gasteiger charge is 2.17. The fourth-order valence-electron chi connectivity index (χ4n) is 2.63. The molecule has 1 fully saturated rings. The van der Waals surface area contributed by atoms with Crippen molar-refractivity contribution >= 4 is 11.1 Å². The second-order valence-corrected chi connectivity index (χ2v) is 4.85. The molecule has 1 saturated heterocycles. The first-order chi connectivity index (χ1) is 8.86. The fourth-order valence-corrected chi connectivity index (χ4v) is 2.63. The largest absolute Gasteiger partial charge is 0.453 e. The minimum atomic E-state index is 0.350. The number of nitrogens with zero attached hydrogens (tertiary/aromatic N) is 1. The summed E-state index contributed by atoms with van der Waals surface area (Å²) in [7, 11) is 1.58. The quantitative estimate of drug-likeness (QED) is 0.903. The first-order valence-corrected chi connectivity index (χ1v) is 6.50. The lowest BCUT2D eigenvalue weighted by molar-refractivity contribution is 0.299. The summed E-state index contributed by atoms with van der Waals surface area (Å²) in [5, 5.41) is 3.40. The Kier molecular flexibility index (Phi) is 3.19. The zero-order chi connectivity index (χ0) is 12.4. The van der Waals surface area contributed by atoms with E-state index in [-0.39, 0.29) is 0 Å². The van der Waals surface area contributed by atoms with Crippen molar-refractivity contribution in [1.82, 2.24) is 10.3 Å². The van der Waals surface area contributed by atoms with E-state index >= 15 is 0 Å². The van der Waals surface area contributed by atoms with Gasteiger partial charge in [0.25, 0.3) is 0 Å². The van der Waals surface area contributed by atoms with Gasteiger partial charge in [0.1, 0.15) is 5.52 Å². The van der Waals surface area contributed by atoms with Gasteiger partial charge in [0.15, 0.2) is 5.58 Å². The van der Waals surface area contributed by atoms with Crippen LogP contribution in [-0.4, -0.2) is 25.2 Å². The average molecular weight is 246 g/mol. The summed E-state index contributed by atoms with van der Waals surface area (Å²) in [6, 6.07) is 6.12. The molecule has 4 nitrogen and oxygen atoms in total. The van der Waals surface area contributed by atoms with Crippen LogP contribution in [0.1, 0.15) is 18.4 Å². The molecular weight excluding hydrogens is 228 g/mol. The first-order valence-electron chi connectivity index (χ1n) is 6.50. The standard InChI is InChI=1S/C14H18N2O2/c1-17-14-16-13-11(3-2-4-12(13)18-14)9-10-5-7-15-8-6-10/h2-4,10,15H,5-9H2,1H3. The number of aromatic nitrogens is 1. The van der Waals surface area contributed by atoms with Crippen molar-refractivity contribution in [2.45, 2.75) is 19.3 Å². The maximum absolute atomic E-state index is 5.50. The van der Waals surface area contributed by atoms with Crippen LogP contribution in [0.4, 0.5) is 0 Å². The lowest BCUT2D eigenvalue weighted by Gasteiger charge is -2.22. The molecule has 3 rings (SSSR count). The van der Waals surface area contributed by atoms with Crippen molar-refractivity contribution in [2.75, 3.05) is 20.2 Å². The zero-order valence-corrected chi connectivity index (χ0v) is 10.6. The Balaban J connectivity index is 1.88. The highest BCUT2D eigenvalue weighted by atomic mass is 16.6. The van der Waals surface area contributed by atoms with Crippen molar-refractivity contribution in [2.24, 2.45) is 5.92 Å². The number of ether oxygens (including phenoxy) is 1. The van der Waals surface area contributed by atoms with Crippen molar-refractivity contribution in [3.63, 3.8) is 0 Å². The normalized spacial score (nSPS) is 17.2. The SMILES string of the molecule is COc1nc2c(CC3CCNCC3)cccc2o1. The number of hydrogen-bond acceptors (Lipinski definition) is 4. The minimum Gasteiger partial charge on any atom is -0.453 e. The molecule has 0 atom stereocenters. The van der Waals surface area contributed by atoms with Crippen molar-refractivity contribution in [1.29, 1.82) is 0 Å². The molecule has 1 aromatic carbocycles. The van der Waals surface area contributed by atoms with Crippen molar-refractivity contribution in [3.05, 3.63) is 23.8 Å². The second kappa shape index (κ2) is 4.98. The molecule has 1 N–H and O–H groups in total. The van der Waals surface area contributed by atoms with E-state index in [1.165, 1.54) is 18.4 Å². The van der Waals surface area contributed by atoms with Crippen LogP contribution < -0.4 is 10.1 Å². The molecule has 1 aromatic heterocycles. The molecule has 1 aliphatic rings. The highest BCUT2D eigenvalue weighted by Crippen LogP contribution is 2.27. The van der Waals surface area contributed by atoms with Gasteiger partial charge in [-0.05, 0) is 49.9 Å². The number of fused-ring (bicyclic) bond motifs is 1. The van der Waals surface area contributed by atoms with E-state index in [2.05, 4.69) is 16.4 Å². The van der Waals surface area contributed by atoms with Crippen LogP contribution in [0.5, 0.6) is 6.08 Å². The molecule has 2 aromatic rings. The first kappa shape index (κ1) is 11.5. The molecule has 0 amide bonds. The lowest BCUT2D eigenvalue weighted by Crippen LogP contribution is -2.28. The molecule has 2 heterocycles. The molecule has 18 heavy (non-hydrogen) atoms. The molecule has 0 spiro atoms. The highest BCUT2D eigenvalue weighted by molar-refractivity contribution is 5.77. The van der Waals surface area contributed by atoms with Gasteiger partial charge in [-0.1, -0.05) is 12.1 Å². The third kappa shape index (κ3) is 2.20. The Labute approximate surface area is 106 Å². The Morgan fingerprint density at radius 3 is 3.00 bits per heavy atom. The van der Waals surface area contributed by atoms with Gasteiger partial charge in [-0.3, -0.25) is 0 Å². The number of para-hydroxylation sites is 1. The predicted molar refractivity (Wildman–Crippen MR) is 69.9 cm³/mol. The lowest BCUT2D eigenvalue weighted by atomic mass is 9.90. The molecule has 0 unspecified atom stereocenters. The van der Waals surface area contributed by atoms with Crippen LogP contribution in [0.2, 0.25) is 0 Å². The molecular formula is C14H18N2O2. The number of oxazole rings is 1. The number of benzene rings is 1. The van der Waals surface area contributed by atoms with E-state index in [0.29, 0.717) is 6.08 Å². The summed E-state index contributed by atoms with van der Waals surface area (Å²) >= 11 is 0. The van der Waals surface area contributed by atoms with E-state index in [1.54, 1.807) is 7.11 Å². The van der Waals surface area contributed by atoms with Crippen LogP contribution in [0.15, 0.2) is 22.6 Å². The van der Waals surface area contributed by atoms with Crippen LogP contribution >= 0.6 is 0 Å². The molecule has 0 bridgehead atoms. The Morgan fingerprint density at radius 2 is 2.22 bits per heavy atom. The third-order valence-electron chi connectivity index (χ3n) is 3.62. The number of nitrogens with one attached hydrogen (secondary N) is 1. The van der Waals surface area contributed by atoms with E-state index < -0.39 is 0 Å². The zero-order valence-electron chi connectivity index (χ0n) is 10.6. The monoisotopic (exact) mass is 246 g/mol. The van der Waals surface area contributed by atoms with Gasteiger partial charge >= 0.3 is 6.08 Å². The Bertz CT molecular complexity index is 530. The maximum Gasteiger partial charge on any atom is 0.394 e. The van der Waals surface area contributed by atoms with Gasteiger partial charge in [-0.15, -0.1) is 0 Å². The summed E-state index contributed by atoms with van der Waals surface area (Å²) < 4.78 is 10.6. The van der Waals surface area contributed by atoms with Crippen molar-refractivity contribution in [3.8, 4) is 6.08 Å². The smallest absolute Gasteiger partial charge is 0.394 e. The number of rotatable bonds is 3. The molecule has 0 aliphatic carbocycles. The van der Waals surface area contributed by atoms with Gasteiger partial charge in [0, 0.05) is 0 Å². The number of hydrogen-bond donors (Lipinski definition) is 1. The summed E-state index contributed by atoms with van der Waals surface area (Å²) in [4.78, 5) is 4.39. The summed E-state index contributed by atoms with van der Waals surface area (Å²) in [6.45, 7) is 2.26. The van der Waals surface area contributed by atoms with Gasteiger partial charge in [0.2, 0.25) is 0 Å². The fraction of sp³-hybridized carbons (Fsp3) is 0.500. The molecule has 1 aliphatic heterocycles. The summed E-state index contributed by atoms with van der Waals surface area (Å²) in [5.41, 5.74) is 3.04. The van der Waals surface area contributed by atoms with Crippen LogP contribution in [0.25, 0.3) is 11.1 Å². The molecule has 4 heteroatoms. The van der Waals surface area contributed by atoms with Gasteiger partial charge < -0.3 is 14.5 Å². The van der Waals surface area contributed by atoms with Crippen LogP contribution in [0, 0.1) is 5.92 Å². The number of piperidine rings is 1. The molecule has 0 radical (unpaired) electrons. The molecule has 0 saturated carbocycles. The van der Waals surface area contributed by atoms with E-state index in [1.807, 2.05) is 12.1 Å². The van der Waals surface area contributed by atoms with E-state index in [0.717, 1.165) is 36.5 Å². The maximum atomic E-state index is 5.50. The predicted octanol–water partition coefficient (Wildman–Crippen LogP) is 2.38. The Morgan fingerprint density at radius 1 is 1.39 bits per heavy atom. The van der Waals surface area contributed by atoms with Gasteiger partial charge in [-0.2, -0.15) is 4.98 Å². The van der Waals surface area contributed by atoms with Crippen molar-refractivity contribution < 1.29 is 9.15 Å². The van der Waals surface area contributed by atoms with Crippen LogP contribution in [0.3, 0.4) is 0 Å². The second-order valence-electron chi connectivity index (χ2n) is 4.85. The third-order valence-corrected chi connectivity index (χ3v) is 3.62. The average Bonchev–Trinajstić information content (AvgIpc) is 2.84. The Hall–Kier alpha value is -1.55.